The zero-order chi connectivity index (χ0) is 19.2. The van der Waals surface area contributed by atoms with Crippen LogP contribution in [0.25, 0.3) is 0 Å². The van der Waals surface area contributed by atoms with E-state index in [1.165, 1.54) is 5.56 Å². The summed E-state index contributed by atoms with van der Waals surface area (Å²) in [5.41, 5.74) is 2.84. The van der Waals surface area contributed by atoms with Crippen LogP contribution in [0.4, 0.5) is 5.69 Å². The van der Waals surface area contributed by atoms with Crippen molar-refractivity contribution in [3.63, 3.8) is 0 Å². The molecule has 27 heavy (non-hydrogen) atoms. The van der Waals surface area contributed by atoms with Crippen molar-refractivity contribution in [3.8, 4) is 0 Å². The molecule has 5 nitrogen and oxygen atoms in total. The SMILES string of the molecule is CCN1CCN(C(=O)c2ccc(N(Cc3ccccc3)C(C)C)cn2)CC1. The van der Waals surface area contributed by atoms with Crippen LogP contribution in [-0.2, 0) is 6.54 Å². The number of amides is 1. The molecule has 2 aromatic rings. The number of likely N-dealkylation sites (N-methyl/N-ethyl adjacent to an activating group) is 1. The van der Waals surface area contributed by atoms with Crippen LogP contribution in [0.3, 0.4) is 0 Å². The van der Waals surface area contributed by atoms with Gasteiger partial charge in [0, 0.05) is 38.8 Å². The molecule has 144 valence electrons. The van der Waals surface area contributed by atoms with Gasteiger partial charge in [0.15, 0.2) is 0 Å². The minimum absolute atomic E-state index is 0.0384. The summed E-state index contributed by atoms with van der Waals surface area (Å²) < 4.78 is 0. The molecule has 2 heterocycles. The second kappa shape index (κ2) is 9.00. The first-order chi connectivity index (χ1) is 13.1. The van der Waals surface area contributed by atoms with Gasteiger partial charge >= 0.3 is 0 Å². The van der Waals surface area contributed by atoms with Gasteiger partial charge in [-0.1, -0.05) is 37.3 Å². The highest BCUT2D eigenvalue weighted by atomic mass is 16.2. The number of hydrogen-bond donors (Lipinski definition) is 0. The molecule has 1 saturated heterocycles. The zero-order valence-electron chi connectivity index (χ0n) is 16.6. The quantitative estimate of drug-likeness (QED) is 0.787. The number of piperazine rings is 1. The summed E-state index contributed by atoms with van der Waals surface area (Å²) in [6.45, 7) is 11.8. The molecule has 1 aromatic carbocycles. The van der Waals surface area contributed by atoms with Gasteiger partial charge in [0.25, 0.3) is 5.91 Å². The lowest BCUT2D eigenvalue weighted by molar-refractivity contribution is 0.0637. The van der Waals surface area contributed by atoms with E-state index in [9.17, 15) is 4.79 Å². The van der Waals surface area contributed by atoms with Gasteiger partial charge in [-0.15, -0.1) is 0 Å². The molecule has 0 atom stereocenters. The van der Waals surface area contributed by atoms with Crippen LogP contribution in [0.1, 0.15) is 36.8 Å². The molecule has 0 unspecified atom stereocenters. The highest BCUT2D eigenvalue weighted by molar-refractivity contribution is 5.92. The maximum atomic E-state index is 12.7. The van der Waals surface area contributed by atoms with E-state index >= 15 is 0 Å². The zero-order valence-corrected chi connectivity index (χ0v) is 16.6. The summed E-state index contributed by atoms with van der Waals surface area (Å²) in [6.07, 6.45) is 1.83. The van der Waals surface area contributed by atoms with Gasteiger partial charge in [-0.25, -0.2) is 4.98 Å². The van der Waals surface area contributed by atoms with Crippen molar-refractivity contribution in [1.82, 2.24) is 14.8 Å². The molecule has 0 N–H and O–H groups in total. The molecule has 3 rings (SSSR count). The summed E-state index contributed by atoms with van der Waals surface area (Å²) in [6, 6.07) is 14.7. The Labute approximate surface area is 162 Å². The van der Waals surface area contributed by atoms with Crippen molar-refractivity contribution in [2.45, 2.75) is 33.4 Å². The van der Waals surface area contributed by atoms with E-state index in [4.69, 9.17) is 0 Å². The number of aromatic nitrogens is 1. The third kappa shape index (κ3) is 4.86. The molecule has 0 aliphatic carbocycles. The third-order valence-corrected chi connectivity index (χ3v) is 5.22. The predicted octanol–water partition coefficient (Wildman–Crippen LogP) is 3.27. The van der Waals surface area contributed by atoms with Gasteiger partial charge in [0.1, 0.15) is 5.69 Å². The van der Waals surface area contributed by atoms with Crippen LogP contribution in [0, 0.1) is 0 Å². The van der Waals surface area contributed by atoms with Gasteiger partial charge in [0.2, 0.25) is 0 Å². The Morgan fingerprint density at radius 1 is 1.07 bits per heavy atom. The number of carbonyl (C=O) groups excluding carboxylic acids is 1. The molecule has 0 radical (unpaired) electrons. The van der Waals surface area contributed by atoms with E-state index in [2.05, 4.69) is 59.8 Å². The third-order valence-electron chi connectivity index (χ3n) is 5.22. The van der Waals surface area contributed by atoms with Crippen LogP contribution in [0.15, 0.2) is 48.7 Å². The second-order valence-electron chi connectivity index (χ2n) is 7.34. The molecule has 1 amide bonds. The van der Waals surface area contributed by atoms with Crippen molar-refractivity contribution < 1.29 is 4.79 Å². The molecule has 0 bridgehead atoms. The molecular weight excluding hydrogens is 336 g/mol. The average molecular weight is 367 g/mol. The number of hydrogen-bond acceptors (Lipinski definition) is 4. The maximum absolute atomic E-state index is 12.7. The Hall–Kier alpha value is -2.40. The van der Waals surface area contributed by atoms with Crippen molar-refractivity contribution in [3.05, 3.63) is 59.9 Å². The number of nitrogens with zero attached hydrogens (tertiary/aromatic N) is 4. The van der Waals surface area contributed by atoms with Crippen molar-refractivity contribution in [2.75, 3.05) is 37.6 Å². The molecule has 1 aromatic heterocycles. The van der Waals surface area contributed by atoms with Crippen LogP contribution in [0.5, 0.6) is 0 Å². The van der Waals surface area contributed by atoms with Gasteiger partial charge in [-0.2, -0.15) is 0 Å². The molecule has 1 aliphatic heterocycles. The first-order valence-electron chi connectivity index (χ1n) is 9.86. The van der Waals surface area contributed by atoms with Crippen LogP contribution in [0.2, 0.25) is 0 Å². The Balaban J connectivity index is 1.68. The smallest absolute Gasteiger partial charge is 0.272 e. The van der Waals surface area contributed by atoms with Crippen molar-refractivity contribution >= 4 is 11.6 Å². The van der Waals surface area contributed by atoms with Gasteiger partial charge < -0.3 is 14.7 Å². The molecule has 0 spiro atoms. The van der Waals surface area contributed by atoms with E-state index < -0.39 is 0 Å². The number of anilines is 1. The minimum atomic E-state index is 0.0384. The maximum Gasteiger partial charge on any atom is 0.272 e. The Morgan fingerprint density at radius 2 is 1.78 bits per heavy atom. The van der Waals surface area contributed by atoms with Crippen molar-refractivity contribution in [2.24, 2.45) is 0 Å². The van der Waals surface area contributed by atoms with Gasteiger partial charge in [-0.3, -0.25) is 4.79 Å². The standard InChI is InChI=1S/C22H30N4O/c1-4-24-12-14-25(15-13-24)22(27)21-11-10-20(16-23-21)26(18(2)3)17-19-8-6-5-7-9-19/h5-11,16,18H,4,12-15,17H2,1-3H3. The van der Waals surface area contributed by atoms with Crippen LogP contribution in [-0.4, -0.2) is 59.5 Å². The predicted molar refractivity (Wildman–Crippen MR) is 110 cm³/mol. The van der Waals surface area contributed by atoms with E-state index in [1.54, 1.807) is 0 Å². The van der Waals surface area contributed by atoms with E-state index in [0.29, 0.717) is 11.7 Å². The lowest BCUT2D eigenvalue weighted by Gasteiger charge is -2.34. The largest absolute Gasteiger partial charge is 0.364 e. The number of benzene rings is 1. The van der Waals surface area contributed by atoms with Crippen LogP contribution >= 0.6 is 0 Å². The normalized spacial score (nSPS) is 15.2. The fourth-order valence-electron chi connectivity index (χ4n) is 3.46. The summed E-state index contributed by atoms with van der Waals surface area (Å²) in [5, 5.41) is 0. The van der Waals surface area contributed by atoms with E-state index in [1.807, 2.05) is 29.3 Å². The number of pyridine rings is 1. The monoisotopic (exact) mass is 366 g/mol. The first-order valence-corrected chi connectivity index (χ1v) is 9.86. The summed E-state index contributed by atoms with van der Waals surface area (Å²) >= 11 is 0. The van der Waals surface area contributed by atoms with E-state index in [0.717, 1.165) is 45.0 Å². The van der Waals surface area contributed by atoms with Crippen molar-refractivity contribution in [1.29, 1.82) is 0 Å². The molecule has 5 heteroatoms. The molecule has 1 fully saturated rings. The Bertz CT molecular complexity index is 722. The molecule has 1 aliphatic rings. The summed E-state index contributed by atoms with van der Waals surface area (Å²) in [5.74, 6) is 0.0384. The average Bonchev–Trinajstić information content (AvgIpc) is 2.72. The highest BCUT2D eigenvalue weighted by Crippen LogP contribution is 2.20. The summed E-state index contributed by atoms with van der Waals surface area (Å²) in [4.78, 5) is 23.8. The highest BCUT2D eigenvalue weighted by Gasteiger charge is 2.22. The lowest BCUT2D eigenvalue weighted by Crippen LogP contribution is -2.48. The van der Waals surface area contributed by atoms with Gasteiger partial charge in [-0.05, 0) is 38.1 Å². The first kappa shape index (κ1) is 19.4. The second-order valence-corrected chi connectivity index (χ2v) is 7.34. The Kier molecular flexibility index (Phi) is 6.45. The van der Waals surface area contributed by atoms with Crippen LogP contribution < -0.4 is 4.90 Å². The number of rotatable bonds is 6. The molecule has 0 saturated carbocycles. The fraction of sp³-hybridized carbons (Fsp3) is 0.455. The van der Waals surface area contributed by atoms with Gasteiger partial charge in [0.05, 0.1) is 11.9 Å². The topological polar surface area (TPSA) is 39.7 Å². The minimum Gasteiger partial charge on any atom is -0.364 e. The Morgan fingerprint density at radius 3 is 2.33 bits per heavy atom. The molecular formula is C22H30N4O. The number of carbonyl (C=O) groups is 1. The summed E-state index contributed by atoms with van der Waals surface area (Å²) in [7, 11) is 0. The fourth-order valence-corrected chi connectivity index (χ4v) is 3.46. The van der Waals surface area contributed by atoms with E-state index in [-0.39, 0.29) is 5.91 Å². The lowest BCUT2D eigenvalue weighted by atomic mass is 10.1.